The molecule has 1 unspecified atom stereocenters. The lowest BCUT2D eigenvalue weighted by atomic mass is 9.76. The van der Waals surface area contributed by atoms with Crippen molar-refractivity contribution in [1.82, 2.24) is 5.43 Å². The smallest absolute Gasteiger partial charge is 0.271 e. The molecule has 0 bridgehead atoms. The van der Waals surface area contributed by atoms with E-state index in [2.05, 4.69) is 21.4 Å². The van der Waals surface area contributed by atoms with Gasteiger partial charge in [0, 0.05) is 10.0 Å². The number of rotatable bonds is 3. The Bertz CT molecular complexity index is 484. The summed E-state index contributed by atoms with van der Waals surface area (Å²) in [5, 5.41) is 0. The summed E-state index contributed by atoms with van der Waals surface area (Å²) < 4.78 is 52.7. The van der Waals surface area contributed by atoms with Gasteiger partial charge in [0.25, 0.3) is 0 Å². The minimum absolute atomic E-state index is 0.0714. The first-order chi connectivity index (χ1) is 9.82. The first-order valence-corrected chi connectivity index (χ1v) is 7.60. The van der Waals surface area contributed by atoms with Crippen LogP contribution in [0.4, 0.5) is 17.6 Å². The van der Waals surface area contributed by atoms with E-state index in [1.54, 1.807) is 12.1 Å². The van der Waals surface area contributed by atoms with Gasteiger partial charge in [-0.25, -0.2) is 4.39 Å². The van der Waals surface area contributed by atoms with E-state index in [-0.39, 0.29) is 18.8 Å². The fraction of sp³-hybridized carbons (Fsp3) is 0.571. The van der Waals surface area contributed by atoms with E-state index in [0.29, 0.717) is 22.9 Å². The van der Waals surface area contributed by atoms with Crippen LogP contribution in [0, 0.1) is 17.7 Å². The van der Waals surface area contributed by atoms with Gasteiger partial charge in [-0.2, -0.15) is 13.2 Å². The van der Waals surface area contributed by atoms with Crippen molar-refractivity contribution in [3.8, 4) is 0 Å². The third-order valence-electron chi connectivity index (χ3n) is 4.18. The molecule has 0 amide bonds. The maximum atomic E-state index is 13.9. The van der Waals surface area contributed by atoms with Crippen molar-refractivity contribution in [3.63, 3.8) is 0 Å². The number of hydrogen-bond acceptors (Lipinski definition) is 2. The summed E-state index contributed by atoms with van der Waals surface area (Å²) >= 11 is 3.27. The highest BCUT2D eigenvalue weighted by atomic mass is 79.9. The summed E-state index contributed by atoms with van der Waals surface area (Å²) in [7, 11) is 0. The highest BCUT2D eigenvalue weighted by Gasteiger charge is 2.42. The van der Waals surface area contributed by atoms with Gasteiger partial charge >= 0.3 is 6.18 Å². The molecular weight excluding hydrogens is 352 g/mol. The zero-order valence-electron chi connectivity index (χ0n) is 11.3. The van der Waals surface area contributed by atoms with Crippen LogP contribution in [0.5, 0.6) is 0 Å². The monoisotopic (exact) mass is 368 g/mol. The molecule has 1 fully saturated rings. The van der Waals surface area contributed by atoms with Crippen LogP contribution < -0.4 is 11.3 Å². The maximum Gasteiger partial charge on any atom is 0.391 e. The van der Waals surface area contributed by atoms with Crippen LogP contribution in [-0.2, 0) is 0 Å². The summed E-state index contributed by atoms with van der Waals surface area (Å²) in [4.78, 5) is 0. The van der Waals surface area contributed by atoms with Gasteiger partial charge in [-0.3, -0.25) is 11.3 Å². The Morgan fingerprint density at radius 3 is 2.33 bits per heavy atom. The van der Waals surface area contributed by atoms with E-state index >= 15 is 0 Å². The second-order valence-corrected chi connectivity index (χ2v) is 6.38. The molecule has 21 heavy (non-hydrogen) atoms. The molecule has 0 aliphatic heterocycles. The lowest BCUT2D eigenvalue weighted by Crippen LogP contribution is -2.37. The van der Waals surface area contributed by atoms with Crippen molar-refractivity contribution in [3.05, 3.63) is 34.1 Å². The normalized spacial score (nSPS) is 24.9. The molecular formula is C14H17BrF4N2. The topological polar surface area (TPSA) is 38.0 Å². The molecule has 0 heterocycles. The molecule has 118 valence electrons. The summed E-state index contributed by atoms with van der Waals surface area (Å²) in [6, 6.07) is 4.05. The van der Waals surface area contributed by atoms with Gasteiger partial charge in [0.05, 0.1) is 12.0 Å². The number of alkyl halides is 3. The van der Waals surface area contributed by atoms with Gasteiger partial charge in [0.2, 0.25) is 0 Å². The van der Waals surface area contributed by atoms with Crippen molar-refractivity contribution in [1.29, 1.82) is 0 Å². The lowest BCUT2D eigenvalue weighted by molar-refractivity contribution is -0.184. The maximum absolute atomic E-state index is 13.9. The van der Waals surface area contributed by atoms with Gasteiger partial charge in [0.15, 0.2) is 0 Å². The van der Waals surface area contributed by atoms with Crippen molar-refractivity contribution in [2.75, 3.05) is 0 Å². The lowest BCUT2D eigenvalue weighted by Gasteiger charge is -2.34. The molecule has 0 spiro atoms. The van der Waals surface area contributed by atoms with Gasteiger partial charge < -0.3 is 0 Å². The quantitative estimate of drug-likeness (QED) is 0.469. The fourth-order valence-electron chi connectivity index (χ4n) is 3.01. The number of nitrogens with one attached hydrogen (secondary N) is 1. The third-order valence-corrected chi connectivity index (χ3v) is 4.67. The molecule has 3 N–H and O–H groups in total. The SMILES string of the molecule is NNC(c1cc(Br)ccc1F)C1CCC(C(F)(F)F)CC1. The summed E-state index contributed by atoms with van der Waals surface area (Å²) in [6.45, 7) is 0. The van der Waals surface area contributed by atoms with Crippen molar-refractivity contribution >= 4 is 15.9 Å². The van der Waals surface area contributed by atoms with E-state index < -0.39 is 24.0 Å². The molecule has 0 saturated heterocycles. The molecule has 7 heteroatoms. The number of hydrazine groups is 1. The Morgan fingerprint density at radius 2 is 1.81 bits per heavy atom. The van der Waals surface area contributed by atoms with Crippen molar-refractivity contribution in [2.24, 2.45) is 17.7 Å². The van der Waals surface area contributed by atoms with Gasteiger partial charge in [0.1, 0.15) is 5.82 Å². The van der Waals surface area contributed by atoms with Crippen LogP contribution in [0.2, 0.25) is 0 Å². The Kier molecular flexibility index (Phi) is 5.27. The van der Waals surface area contributed by atoms with Crippen molar-refractivity contribution < 1.29 is 17.6 Å². The van der Waals surface area contributed by atoms with Crippen LogP contribution in [0.25, 0.3) is 0 Å². The Labute approximate surface area is 129 Å². The van der Waals surface area contributed by atoms with Crippen molar-refractivity contribution in [2.45, 2.75) is 37.9 Å². The molecule has 0 radical (unpaired) electrons. The first-order valence-electron chi connectivity index (χ1n) is 6.80. The Balaban J connectivity index is 2.11. The molecule has 1 aliphatic rings. The molecule has 1 aromatic rings. The summed E-state index contributed by atoms with van der Waals surface area (Å²) in [6.07, 6.45) is -3.24. The van der Waals surface area contributed by atoms with Crippen LogP contribution in [-0.4, -0.2) is 6.18 Å². The predicted octanol–water partition coefficient (Wildman–Crippen LogP) is 4.46. The fourth-order valence-corrected chi connectivity index (χ4v) is 3.39. The average Bonchev–Trinajstić information content (AvgIpc) is 2.43. The van der Waals surface area contributed by atoms with E-state index in [4.69, 9.17) is 5.84 Å². The highest BCUT2D eigenvalue weighted by Crippen LogP contribution is 2.43. The van der Waals surface area contributed by atoms with Gasteiger partial charge in [-0.1, -0.05) is 15.9 Å². The molecule has 2 rings (SSSR count). The largest absolute Gasteiger partial charge is 0.391 e. The summed E-state index contributed by atoms with van der Waals surface area (Å²) in [5.41, 5.74) is 2.96. The van der Waals surface area contributed by atoms with Crippen LogP contribution in [0.3, 0.4) is 0 Å². The van der Waals surface area contributed by atoms with E-state index in [0.717, 1.165) is 0 Å². The number of nitrogens with two attached hydrogens (primary N) is 1. The molecule has 1 atom stereocenters. The number of benzene rings is 1. The second-order valence-electron chi connectivity index (χ2n) is 5.46. The van der Waals surface area contributed by atoms with E-state index in [1.165, 1.54) is 6.07 Å². The van der Waals surface area contributed by atoms with Crippen LogP contribution in [0.15, 0.2) is 22.7 Å². The minimum atomic E-state index is -4.14. The summed E-state index contributed by atoms with van der Waals surface area (Å²) in [5.74, 6) is 3.77. The first kappa shape index (κ1) is 16.7. The van der Waals surface area contributed by atoms with Crippen LogP contribution >= 0.6 is 15.9 Å². The molecule has 1 aliphatic carbocycles. The second kappa shape index (κ2) is 6.62. The zero-order chi connectivity index (χ0) is 15.6. The Hall–Kier alpha value is -0.660. The number of halogens is 5. The van der Waals surface area contributed by atoms with Gasteiger partial charge in [-0.15, -0.1) is 0 Å². The van der Waals surface area contributed by atoms with E-state index in [9.17, 15) is 17.6 Å². The minimum Gasteiger partial charge on any atom is -0.271 e. The predicted molar refractivity (Wildman–Crippen MR) is 75.7 cm³/mol. The standard InChI is InChI=1S/C14H17BrF4N2/c15-10-5-6-12(16)11(7-10)13(21-20)8-1-3-9(4-2-8)14(17,18)19/h5-9,13,21H,1-4,20H2. The average molecular weight is 369 g/mol. The molecule has 0 aromatic heterocycles. The van der Waals surface area contributed by atoms with Gasteiger partial charge in [-0.05, 0) is 49.8 Å². The highest BCUT2D eigenvalue weighted by molar-refractivity contribution is 9.10. The van der Waals surface area contributed by atoms with E-state index in [1.807, 2.05) is 0 Å². The molecule has 1 saturated carbocycles. The van der Waals surface area contributed by atoms with Crippen LogP contribution in [0.1, 0.15) is 37.3 Å². The third kappa shape index (κ3) is 3.96. The molecule has 2 nitrogen and oxygen atoms in total. The zero-order valence-corrected chi connectivity index (χ0v) is 12.8. The molecule has 1 aromatic carbocycles. The number of hydrogen-bond donors (Lipinski definition) is 2. The Morgan fingerprint density at radius 1 is 1.19 bits per heavy atom.